The van der Waals surface area contributed by atoms with Gasteiger partial charge in [0.1, 0.15) is 11.5 Å². The number of carbonyl (C=O) groups is 3. The lowest BCUT2D eigenvalue weighted by Gasteiger charge is -2.09. The molecule has 180 valence electrons. The van der Waals surface area contributed by atoms with Gasteiger partial charge in [0.2, 0.25) is 0 Å². The molecule has 0 heterocycles. The summed E-state index contributed by atoms with van der Waals surface area (Å²) in [6, 6.07) is 18.7. The van der Waals surface area contributed by atoms with Gasteiger partial charge < -0.3 is 14.8 Å². The van der Waals surface area contributed by atoms with E-state index in [-0.39, 0.29) is 5.75 Å². The number of halogens is 1. The third kappa shape index (κ3) is 7.51. The van der Waals surface area contributed by atoms with Crippen molar-refractivity contribution in [2.75, 3.05) is 11.9 Å². The number of aryl methyl sites for hydroxylation is 1. The Hall–Kier alpha value is -3.98. The minimum Gasteiger partial charge on any atom is -0.494 e. The van der Waals surface area contributed by atoms with Gasteiger partial charge in [0.05, 0.1) is 18.4 Å². The number of esters is 1. The second-order valence-corrected chi connectivity index (χ2v) is 8.15. The van der Waals surface area contributed by atoms with Crippen LogP contribution in [0.2, 0.25) is 0 Å². The van der Waals surface area contributed by atoms with Crippen molar-refractivity contribution in [2.24, 2.45) is 5.10 Å². The smallest absolute Gasteiger partial charge is 0.343 e. The number of hydrogen-bond donors (Lipinski definition) is 2. The van der Waals surface area contributed by atoms with Crippen LogP contribution in [0.4, 0.5) is 5.69 Å². The summed E-state index contributed by atoms with van der Waals surface area (Å²) >= 11 is 3.35. The number of amides is 2. The van der Waals surface area contributed by atoms with Crippen molar-refractivity contribution in [3.05, 3.63) is 87.9 Å². The van der Waals surface area contributed by atoms with Crippen molar-refractivity contribution in [2.45, 2.75) is 20.3 Å². The second kappa shape index (κ2) is 12.5. The van der Waals surface area contributed by atoms with Crippen molar-refractivity contribution >= 4 is 45.6 Å². The zero-order valence-electron chi connectivity index (χ0n) is 19.2. The molecule has 0 radical (unpaired) electrons. The van der Waals surface area contributed by atoms with Gasteiger partial charge in [-0.25, -0.2) is 10.2 Å². The van der Waals surface area contributed by atoms with Gasteiger partial charge in [-0.15, -0.1) is 0 Å². The molecule has 0 saturated heterocycles. The molecule has 0 aliphatic rings. The van der Waals surface area contributed by atoms with E-state index in [1.165, 1.54) is 6.21 Å². The molecule has 3 aromatic carbocycles. The van der Waals surface area contributed by atoms with Crippen LogP contribution in [-0.4, -0.2) is 30.6 Å². The average molecular weight is 538 g/mol. The highest BCUT2D eigenvalue weighted by molar-refractivity contribution is 9.10. The molecular weight excluding hydrogens is 514 g/mol. The molecule has 35 heavy (non-hydrogen) atoms. The Morgan fingerprint density at radius 2 is 1.66 bits per heavy atom. The van der Waals surface area contributed by atoms with Crippen LogP contribution >= 0.6 is 15.9 Å². The van der Waals surface area contributed by atoms with E-state index < -0.39 is 17.8 Å². The van der Waals surface area contributed by atoms with Gasteiger partial charge in [0, 0.05) is 15.7 Å². The van der Waals surface area contributed by atoms with Gasteiger partial charge in [-0.05, 0) is 73.5 Å². The lowest BCUT2D eigenvalue weighted by atomic mass is 10.1. The molecule has 8 nitrogen and oxygen atoms in total. The first kappa shape index (κ1) is 25.6. The largest absolute Gasteiger partial charge is 0.494 e. The Labute approximate surface area is 211 Å². The maximum absolute atomic E-state index is 12.6. The van der Waals surface area contributed by atoms with E-state index in [0.29, 0.717) is 33.6 Å². The predicted octanol–water partition coefficient (Wildman–Crippen LogP) is 4.72. The third-order valence-corrected chi connectivity index (χ3v) is 5.26. The zero-order valence-corrected chi connectivity index (χ0v) is 20.8. The third-order valence-electron chi connectivity index (χ3n) is 4.77. The molecule has 0 aromatic heterocycles. The summed E-state index contributed by atoms with van der Waals surface area (Å²) < 4.78 is 11.6. The molecular formula is C26H24BrN3O5. The molecule has 0 bridgehead atoms. The van der Waals surface area contributed by atoms with Crippen molar-refractivity contribution in [1.29, 1.82) is 0 Å². The number of benzene rings is 3. The Balaban J connectivity index is 1.63. The fraction of sp³-hybridized carbons (Fsp3) is 0.154. The quantitative estimate of drug-likeness (QED) is 0.142. The van der Waals surface area contributed by atoms with E-state index in [1.54, 1.807) is 54.6 Å². The highest BCUT2D eigenvalue weighted by Crippen LogP contribution is 2.23. The maximum Gasteiger partial charge on any atom is 0.343 e. The molecule has 0 aliphatic carbocycles. The lowest BCUT2D eigenvalue weighted by molar-refractivity contribution is -0.136. The number of rotatable bonds is 8. The van der Waals surface area contributed by atoms with Gasteiger partial charge in [-0.3, -0.25) is 9.59 Å². The summed E-state index contributed by atoms with van der Waals surface area (Å²) in [5.41, 5.74) is 4.55. The Morgan fingerprint density at radius 3 is 2.31 bits per heavy atom. The highest BCUT2D eigenvalue weighted by atomic mass is 79.9. The lowest BCUT2D eigenvalue weighted by Crippen LogP contribution is -2.32. The standard InChI is InChI=1S/C26H24BrN3O5/c1-3-17-5-10-21(11-6-17)29-24(31)25(32)30-28-16-19-15-20(27)9-14-23(19)35-26(33)18-7-12-22(13-8-18)34-4-2/h5-16H,3-4H2,1-2H3,(H,29,31)(H,30,32). The van der Waals surface area contributed by atoms with Crippen molar-refractivity contribution in [3.63, 3.8) is 0 Å². The van der Waals surface area contributed by atoms with E-state index in [2.05, 4.69) is 31.8 Å². The first-order valence-corrected chi connectivity index (χ1v) is 11.7. The van der Waals surface area contributed by atoms with Crippen LogP contribution in [-0.2, 0) is 16.0 Å². The Bertz CT molecular complexity index is 1220. The molecule has 2 amide bonds. The van der Waals surface area contributed by atoms with Crippen LogP contribution in [0, 0.1) is 0 Å². The molecule has 0 unspecified atom stereocenters. The number of nitrogens with zero attached hydrogens (tertiary/aromatic N) is 1. The molecule has 2 N–H and O–H groups in total. The van der Waals surface area contributed by atoms with Gasteiger partial charge in [0.15, 0.2) is 0 Å². The average Bonchev–Trinajstić information content (AvgIpc) is 2.86. The molecule has 0 spiro atoms. The fourth-order valence-corrected chi connectivity index (χ4v) is 3.33. The minimum atomic E-state index is -0.941. The summed E-state index contributed by atoms with van der Waals surface area (Å²) in [5.74, 6) is -1.49. The first-order chi connectivity index (χ1) is 16.9. The molecule has 3 rings (SSSR count). The van der Waals surface area contributed by atoms with Crippen LogP contribution in [0.3, 0.4) is 0 Å². The van der Waals surface area contributed by atoms with Crippen molar-refractivity contribution < 1.29 is 23.9 Å². The topological polar surface area (TPSA) is 106 Å². The second-order valence-electron chi connectivity index (χ2n) is 7.23. The van der Waals surface area contributed by atoms with E-state index in [1.807, 2.05) is 26.0 Å². The Morgan fingerprint density at radius 1 is 0.943 bits per heavy atom. The van der Waals surface area contributed by atoms with Crippen LogP contribution in [0.1, 0.15) is 35.3 Å². The van der Waals surface area contributed by atoms with Crippen LogP contribution < -0.4 is 20.2 Å². The molecule has 0 fully saturated rings. The first-order valence-electron chi connectivity index (χ1n) is 10.9. The maximum atomic E-state index is 12.6. The summed E-state index contributed by atoms with van der Waals surface area (Å²) in [6.45, 7) is 4.42. The number of anilines is 1. The summed E-state index contributed by atoms with van der Waals surface area (Å²) in [5, 5.41) is 6.34. The number of hydrazone groups is 1. The number of nitrogens with one attached hydrogen (secondary N) is 2. The Kier molecular flexibility index (Phi) is 9.14. The fourth-order valence-electron chi connectivity index (χ4n) is 2.95. The highest BCUT2D eigenvalue weighted by Gasteiger charge is 2.14. The van der Waals surface area contributed by atoms with Gasteiger partial charge in [-0.1, -0.05) is 35.0 Å². The van der Waals surface area contributed by atoms with Crippen LogP contribution in [0.5, 0.6) is 11.5 Å². The van der Waals surface area contributed by atoms with Gasteiger partial charge in [0.25, 0.3) is 0 Å². The van der Waals surface area contributed by atoms with Crippen LogP contribution in [0.15, 0.2) is 76.3 Å². The summed E-state index contributed by atoms with van der Waals surface area (Å²) in [7, 11) is 0. The summed E-state index contributed by atoms with van der Waals surface area (Å²) in [6.07, 6.45) is 2.16. The van der Waals surface area contributed by atoms with Gasteiger partial charge in [-0.2, -0.15) is 5.10 Å². The molecule has 3 aromatic rings. The minimum absolute atomic E-state index is 0.227. The SMILES string of the molecule is CCOc1ccc(C(=O)Oc2ccc(Br)cc2C=NNC(=O)C(=O)Nc2ccc(CC)cc2)cc1. The van der Waals surface area contributed by atoms with E-state index >= 15 is 0 Å². The normalized spacial score (nSPS) is 10.6. The monoisotopic (exact) mass is 537 g/mol. The van der Waals surface area contributed by atoms with Crippen molar-refractivity contribution in [3.8, 4) is 11.5 Å². The van der Waals surface area contributed by atoms with E-state index in [0.717, 1.165) is 12.0 Å². The molecule has 0 aliphatic heterocycles. The van der Waals surface area contributed by atoms with E-state index in [4.69, 9.17) is 9.47 Å². The van der Waals surface area contributed by atoms with Crippen molar-refractivity contribution in [1.82, 2.24) is 5.43 Å². The molecule has 0 saturated carbocycles. The summed E-state index contributed by atoms with van der Waals surface area (Å²) in [4.78, 5) is 36.8. The van der Waals surface area contributed by atoms with E-state index in [9.17, 15) is 14.4 Å². The molecule has 0 atom stereocenters. The number of carbonyl (C=O) groups excluding carboxylic acids is 3. The zero-order chi connectivity index (χ0) is 25.2. The number of hydrogen-bond acceptors (Lipinski definition) is 6. The van der Waals surface area contributed by atoms with Gasteiger partial charge >= 0.3 is 17.8 Å². The van der Waals surface area contributed by atoms with Crippen LogP contribution in [0.25, 0.3) is 0 Å². The predicted molar refractivity (Wildman–Crippen MR) is 137 cm³/mol. The molecule has 9 heteroatoms. The number of ether oxygens (including phenoxy) is 2.